The summed E-state index contributed by atoms with van der Waals surface area (Å²) < 4.78 is 12.9. The molecule has 0 fully saturated rings. The summed E-state index contributed by atoms with van der Waals surface area (Å²) >= 11 is 0. The number of hydrogen-bond acceptors (Lipinski definition) is 5. The van der Waals surface area contributed by atoms with E-state index in [1.54, 1.807) is 12.1 Å². The Morgan fingerprint density at radius 2 is 1.83 bits per heavy atom. The highest BCUT2D eigenvalue weighted by molar-refractivity contribution is 5.55. The van der Waals surface area contributed by atoms with E-state index in [0.29, 0.717) is 18.3 Å². The van der Waals surface area contributed by atoms with Gasteiger partial charge >= 0.3 is 0 Å². The van der Waals surface area contributed by atoms with E-state index in [9.17, 15) is 4.39 Å². The van der Waals surface area contributed by atoms with Crippen molar-refractivity contribution in [1.29, 1.82) is 0 Å². The van der Waals surface area contributed by atoms with Gasteiger partial charge in [-0.25, -0.2) is 4.39 Å². The lowest BCUT2D eigenvalue weighted by Crippen LogP contribution is -2.07. The number of nitrogens with zero attached hydrogens (tertiary/aromatic N) is 3. The number of hydrogen-bond donors (Lipinski definition) is 2. The van der Waals surface area contributed by atoms with Crippen molar-refractivity contribution in [3.63, 3.8) is 0 Å². The highest BCUT2D eigenvalue weighted by Gasteiger charge is 2.03. The number of aryl methyl sites for hydroxylation is 1. The van der Waals surface area contributed by atoms with Crippen molar-refractivity contribution in [3.8, 4) is 0 Å². The molecular weight excluding hydrogens is 293 g/mol. The summed E-state index contributed by atoms with van der Waals surface area (Å²) in [6.07, 6.45) is 1.52. The molecule has 0 spiro atoms. The minimum absolute atomic E-state index is 0.281. The lowest BCUT2D eigenvalue weighted by Gasteiger charge is -2.09. The monoisotopic (exact) mass is 309 g/mol. The van der Waals surface area contributed by atoms with Crippen molar-refractivity contribution >= 4 is 17.5 Å². The fourth-order valence-electron chi connectivity index (χ4n) is 2.10. The van der Waals surface area contributed by atoms with Crippen molar-refractivity contribution in [1.82, 2.24) is 15.2 Å². The molecule has 0 atom stereocenters. The molecule has 0 unspecified atom stereocenters. The van der Waals surface area contributed by atoms with Crippen LogP contribution in [0.25, 0.3) is 0 Å². The Kier molecular flexibility index (Phi) is 4.42. The smallest absolute Gasteiger partial charge is 0.244 e. The Balaban J connectivity index is 1.67. The van der Waals surface area contributed by atoms with Gasteiger partial charge in [-0.2, -0.15) is 10.1 Å². The third-order valence-electron chi connectivity index (χ3n) is 3.37. The van der Waals surface area contributed by atoms with Gasteiger partial charge in [-0.05, 0) is 42.3 Å². The lowest BCUT2D eigenvalue weighted by molar-refractivity contribution is 0.628. The summed E-state index contributed by atoms with van der Waals surface area (Å²) in [6, 6.07) is 14.1. The molecule has 0 aliphatic rings. The zero-order valence-electron chi connectivity index (χ0n) is 12.6. The molecule has 3 aromatic rings. The number of halogens is 1. The molecule has 0 aliphatic heterocycles. The van der Waals surface area contributed by atoms with Crippen molar-refractivity contribution in [3.05, 3.63) is 71.7 Å². The molecule has 3 rings (SSSR count). The Morgan fingerprint density at radius 3 is 2.61 bits per heavy atom. The molecule has 0 saturated carbocycles. The minimum Gasteiger partial charge on any atom is -0.349 e. The zero-order valence-corrected chi connectivity index (χ0v) is 12.6. The van der Waals surface area contributed by atoms with E-state index in [-0.39, 0.29) is 5.82 Å². The van der Waals surface area contributed by atoms with Crippen molar-refractivity contribution in [2.45, 2.75) is 13.5 Å². The van der Waals surface area contributed by atoms with Gasteiger partial charge in [0.25, 0.3) is 0 Å². The maximum atomic E-state index is 12.9. The first-order valence-corrected chi connectivity index (χ1v) is 7.21. The van der Waals surface area contributed by atoms with Crippen LogP contribution < -0.4 is 10.6 Å². The second-order valence-electron chi connectivity index (χ2n) is 5.08. The molecule has 0 radical (unpaired) electrons. The molecule has 0 amide bonds. The molecule has 0 aliphatic carbocycles. The quantitative estimate of drug-likeness (QED) is 0.753. The SMILES string of the molecule is Cc1ccccc1CNc1nncc(Nc2ccc(F)cc2)n1. The van der Waals surface area contributed by atoms with E-state index < -0.39 is 0 Å². The number of anilines is 3. The van der Waals surface area contributed by atoms with Crippen LogP contribution in [0.4, 0.5) is 21.8 Å². The molecule has 116 valence electrons. The Morgan fingerprint density at radius 1 is 1.04 bits per heavy atom. The summed E-state index contributed by atoms with van der Waals surface area (Å²) in [5, 5.41) is 14.1. The fourth-order valence-corrected chi connectivity index (χ4v) is 2.10. The lowest BCUT2D eigenvalue weighted by atomic mass is 10.1. The van der Waals surface area contributed by atoms with Crippen LogP contribution >= 0.6 is 0 Å². The first-order chi connectivity index (χ1) is 11.2. The standard InChI is InChI=1S/C17H16FN5/c1-12-4-2-3-5-13(12)10-19-17-22-16(11-20-23-17)21-15-8-6-14(18)7-9-15/h2-9,11H,10H2,1H3,(H2,19,21,22,23). The molecular formula is C17H16FN5. The maximum Gasteiger partial charge on any atom is 0.244 e. The maximum absolute atomic E-state index is 12.9. The van der Waals surface area contributed by atoms with Crippen molar-refractivity contribution in [2.75, 3.05) is 10.6 Å². The van der Waals surface area contributed by atoms with Gasteiger partial charge < -0.3 is 10.6 Å². The third kappa shape index (κ3) is 4.00. The van der Waals surface area contributed by atoms with Gasteiger partial charge in [0.2, 0.25) is 5.95 Å². The summed E-state index contributed by atoms with van der Waals surface area (Å²) in [7, 11) is 0. The number of rotatable bonds is 5. The van der Waals surface area contributed by atoms with E-state index in [1.165, 1.54) is 29.5 Å². The van der Waals surface area contributed by atoms with Gasteiger partial charge in [0, 0.05) is 12.2 Å². The highest BCUT2D eigenvalue weighted by Crippen LogP contribution is 2.15. The number of benzene rings is 2. The molecule has 0 saturated heterocycles. The molecule has 1 heterocycles. The molecule has 6 heteroatoms. The van der Waals surface area contributed by atoms with Gasteiger partial charge in [0.15, 0.2) is 5.82 Å². The van der Waals surface area contributed by atoms with Gasteiger partial charge in [0.1, 0.15) is 5.82 Å². The van der Waals surface area contributed by atoms with Crippen molar-refractivity contribution in [2.24, 2.45) is 0 Å². The van der Waals surface area contributed by atoms with E-state index in [1.807, 2.05) is 12.1 Å². The first-order valence-electron chi connectivity index (χ1n) is 7.21. The molecule has 5 nitrogen and oxygen atoms in total. The first kappa shape index (κ1) is 14.9. The third-order valence-corrected chi connectivity index (χ3v) is 3.37. The number of aromatic nitrogens is 3. The Hall–Kier alpha value is -3.02. The molecule has 23 heavy (non-hydrogen) atoms. The molecule has 2 aromatic carbocycles. The van der Waals surface area contributed by atoms with Crippen LogP contribution in [0.15, 0.2) is 54.7 Å². The molecule has 0 bridgehead atoms. The van der Waals surface area contributed by atoms with Gasteiger partial charge in [-0.1, -0.05) is 24.3 Å². The average molecular weight is 309 g/mol. The largest absolute Gasteiger partial charge is 0.349 e. The zero-order chi connectivity index (χ0) is 16.1. The van der Waals surface area contributed by atoms with Crippen molar-refractivity contribution < 1.29 is 4.39 Å². The van der Waals surface area contributed by atoms with Crippen LogP contribution in [-0.2, 0) is 6.54 Å². The second-order valence-corrected chi connectivity index (χ2v) is 5.08. The van der Waals surface area contributed by atoms with Crippen LogP contribution in [-0.4, -0.2) is 15.2 Å². The van der Waals surface area contributed by atoms with Crippen LogP contribution in [0.5, 0.6) is 0 Å². The van der Waals surface area contributed by atoms with Crippen LogP contribution in [0, 0.1) is 12.7 Å². The van der Waals surface area contributed by atoms with E-state index in [2.05, 4.69) is 44.9 Å². The van der Waals surface area contributed by atoms with Gasteiger partial charge in [-0.3, -0.25) is 0 Å². The summed E-state index contributed by atoms with van der Waals surface area (Å²) in [5.41, 5.74) is 3.11. The van der Waals surface area contributed by atoms with Crippen LogP contribution in [0.2, 0.25) is 0 Å². The summed E-state index contributed by atoms with van der Waals surface area (Å²) in [6.45, 7) is 2.68. The van der Waals surface area contributed by atoms with Gasteiger partial charge in [0.05, 0.1) is 6.20 Å². The second kappa shape index (κ2) is 6.83. The molecule has 1 aromatic heterocycles. The topological polar surface area (TPSA) is 62.7 Å². The predicted octanol–water partition coefficient (Wildman–Crippen LogP) is 3.67. The average Bonchev–Trinajstić information content (AvgIpc) is 2.57. The Labute approximate surface area is 133 Å². The minimum atomic E-state index is -0.281. The fraction of sp³-hybridized carbons (Fsp3) is 0.118. The van der Waals surface area contributed by atoms with Crippen LogP contribution in [0.3, 0.4) is 0 Å². The van der Waals surface area contributed by atoms with E-state index >= 15 is 0 Å². The molecule has 2 N–H and O–H groups in total. The van der Waals surface area contributed by atoms with E-state index in [4.69, 9.17) is 0 Å². The van der Waals surface area contributed by atoms with Crippen LogP contribution in [0.1, 0.15) is 11.1 Å². The normalized spacial score (nSPS) is 10.3. The number of nitrogens with one attached hydrogen (secondary N) is 2. The summed E-state index contributed by atoms with van der Waals surface area (Å²) in [4.78, 5) is 4.35. The van der Waals surface area contributed by atoms with E-state index in [0.717, 1.165) is 5.69 Å². The summed E-state index contributed by atoms with van der Waals surface area (Å²) in [5.74, 6) is 0.691. The predicted molar refractivity (Wildman–Crippen MR) is 88.0 cm³/mol. The highest BCUT2D eigenvalue weighted by atomic mass is 19.1. The van der Waals surface area contributed by atoms with Gasteiger partial charge in [-0.15, -0.1) is 5.10 Å². The Bertz CT molecular complexity index is 789.